The van der Waals surface area contributed by atoms with Crippen molar-refractivity contribution in [2.24, 2.45) is 0 Å². The minimum Gasteiger partial charge on any atom is -0.492 e. The average molecular weight is 264 g/mol. The first-order valence-corrected chi connectivity index (χ1v) is 6.65. The first kappa shape index (κ1) is 15.5. The van der Waals surface area contributed by atoms with E-state index in [1.807, 2.05) is 57.0 Å². The Labute approximate surface area is 115 Å². The van der Waals surface area contributed by atoms with Crippen molar-refractivity contribution in [2.75, 3.05) is 26.7 Å². The Morgan fingerprint density at radius 2 is 2.05 bits per heavy atom. The van der Waals surface area contributed by atoms with Gasteiger partial charge in [-0.2, -0.15) is 0 Å². The maximum Gasteiger partial charge on any atom is 0.234 e. The Hall–Kier alpha value is -1.55. The lowest BCUT2D eigenvalue weighted by atomic mass is 10.2. The van der Waals surface area contributed by atoms with Crippen LogP contribution >= 0.6 is 0 Å². The molecule has 0 bridgehead atoms. The number of nitrogens with zero attached hydrogens (tertiary/aromatic N) is 1. The molecule has 0 aromatic heterocycles. The Kier molecular flexibility index (Phi) is 6.36. The summed E-state index contributed by atoms with van der Waals surface area (Å²) in [6.45, 7) is 7.64. The second-order valence-electron chi connectivity index (χ2n) is 5.07. The molecular weight excluding hydrogens is 240 g/mol. The first-order chi connectivity index (χ1) is 8.99. The summed E-state index contributed by atoms with van der Waals surface area (Å²) in [5, 5.41) is 2.87. The number of hydrogen-bond donors (Lipinski definition) is 1. The van der Waals surface area contributed by atoms with Gasteiger partial charge in [0.15, 0.2) is 0 Å². The molecule has 0 fully saturated rings. The number of amides is 1. The topological polar surface area (TPSA) is 41.6 Å². The van der Waals surface area contributed by atoms with Gasteiger partial charge in [0.25, 0.3) is 0 Å². The smallest absolute Gasteiger partial charge is 0.234 e. The van der Waals surface area contributed by atoms with E-state index in [2.05, 4.69) is 5.32 Å². The van der Waals surface area contributed by atoms with Crippen molar-refractivity contribution in [3.63, 3.8) is 0 Å². The zero-order valence-corrected chi connectivity index (χ0v) is 12.3. The van der Waals surface area contributed by atoms with Gasteiger partial charge in [0.05, 0.1) is 6.54 Å². The second kappa shape index (κ2) is 7.79. The highest BCUT2D eigenvalue weighted by Crippen LogP contribution is 2.15. The highest BCUT2D eigenvalue weighted by atomic mass is 16.5. The van der Waals surface area contributed by atoms with Crippen molar-refractivity contribution >= 4 is 5.91 Å². The van der Waals surface area contributed by atoms with E-state index < -0.39 is 0 Å². The molecule has 0 radical (unpaired) electrons. The van der Waals surface area contributed by atoms with Crippen LogP contribution in [0.3, 0.4) is 0 Å². The number of carbonyl (C=O) groups excluding carboxylic acids is 1. The molecule has 4 nitrogen and oxygen atoms in total. The molecule has 0 saturated carbocycles. The van der Waals surface area contributed by atoms with Crippen LogP contribution in [0.5, 0.6) is 5.75 Å². The minimum absolute atomic E-state index is 0.0494. The van der Waals surface area contributed by atoms with Gasteiger partial charge < -0.3 is 10.1 Å². The van der Waals surface area contributed by atoms with Crippen LogP contribution in [0.1, 0.15) is 19.4 Å². The fourth-order valence-electron chi connectivity index (χ4n) is 1.72. The first-order valence-electron chi connectivity index (χ1n) is 6.65. The summed E-state index contributed by atoms with van der Waals surface area (Å²) >= 11 is 0. The number of aryl methyl sites for hydroxylation is 1. The van der Waals surface area contributed by atoms with E-state index in [4.69, 9.17) is 4.74 Å². The molecule has 0 aliphatic carbocycles. The molecular formula is C15H24N2O2. The van der Waals surface area contributed by atoms with E-state index in [1.165, 1.54) is 0 Å². The van der Waals surface area contributed by atoms with Crippen LogP contribution in [0.4, 0.5) is 0 Å². The Balaban J connectivity index is 2.26. The third-order valence-electron chi connectivity index (χ3n) is 2.69. The van der Waals surface area contributed by atoms with Crippen LogP contribution in [0.15, 0.2) is 24.3 Å². The van der Waals surface area contributed by atoms with Crippen molar-refractivity contribution in [3.8, 4) is 5.75 Å². The van der Waals surface area contributed by atoms with Crippen LogP contribution in [0.25, 0.3) is 0 Å². The summed E-state index contributed by atoms with van der Waals surface area (Å²) in [4.78, 5) is 13.5. The van der Waals surface area contributed by atoms with Gasteiger partial charge >= 0.3 is 0 Å². The van der Waals surface area contributed by atoms with Crippen LogP contribution in [-0.4, -0.2) is 43.6 Å². The van der Waals surface area contributed by atoms with Crippen LogP contribution in [0.2, 0.25) is 0 Å². The molecule has 4 heteroatoms. The van der Waals surface area contributed by atoms with Gasteiger partial charge in [0.2, 0.25) is 5.91 Å². The maximum atomic E-state index is 11.6. The number of likely N-dealkylation sites (N-methyl/N-ethyl adjacent to an activating group) is 1. The summed E-state index contributed by atoms with van der Waals surface area (Å²) in [5.41, 5.74) is 1.13. The average Bonchev–Trinajstić information content (AvgIpc) is 2.30. The molecule has 0 saturated heterocycles. The third-order valence-corrected chi connectivity index (χ3v) is 2.69. The molecule has 0 aliphatic heterocycles. The fourth-order valence-corrected chi connectivity index (χ4v) is 1.72. The molecule has 0 heterocycles. The molecule has 0 atom stereocenters. The van der Waals surface area contributed by atoms with Crippen LogP contribution in [0, 0.1) is 6.92 Å². The highest BCUT2D eigenvalue weighted by Gasteiger charge is 2.07. The molecule has 1 N–H and O–H groups in total. The van der Waals surface area contributed by atoms with E-state index in [0.29, 0.717) is 13.2 Å². The van der Waals surface area contributed by atoms with Gasteiger partial charge in [-0.1, -0.05) is 18.2 Å². The lowest BCUT2D eigenvalue weighted by molar-refractivity contribution is -0.122. The van der Waals surface area contributed by atoms with Crippen molar-refractivity contribution in [3.05, 3.63) is 29.8 Å². The highest BCUT2D eigenvalue weighted by molar-refractivity contribution is 5.78. The number of rotatable bonds is 7. The largest absolute Gasteiger partial charge is 0.492 e. The number of carbonyl (C=O) groups is 1. The molecule has 1 amide bonds. The van der Waals surface area contributed by atoms with Crippen molar-refractivity contribution < 1.29 is 9.53 Å². The van der Waals surface area contributed by atoms with Gasteiger partial charge in [0, 0.05) is 12.6 Å². The van der Waals surface area contributed by atoms with Gasteiger partial charge in [-0.05, 0) is 39.4 Å². The standard InChI is InChI=1S/C15H24N2O2/c1-12(2)16-15(18)11-17(4)9-10-19-14-8-6-5-7-13(14)3/h5-8,12H,9-11H2,1-4H3,(H,16,18). The van der Waals surface area contributed by atoms with Crippen molar-refractivity contribution in [1.29, 1.82) is 0 Å². The number of hydrogen-bond acceptors (Lipinski definition) is 3. The predicted octanol–water partition coefficient (Wildman–Crippen LogP) is 1.83. The lowest BCUT2D eigenvalue weighted by Crippen LogP contribution is -2.39. The van der Waals surface area contributed by atoms with Gasteiger partial charge in [-0.15, -0.1) is 0 Å². The zero-order valence-electron chi connectivity index (χ0n) is 12.3. The molecule has 1 aromatic rings. The Morgan fingerprint density at radius 1 is 1.37 bits per heavy atom. The third kappa shape index (κ3) is 6.25. The maximum absolute atomic E-state index is 11.6. The van der Waals surface area contributed by atoms with Gasteiger partial charge in [-0.25, -0.2) is 0 Å². The van der Waals surface area contributed by atoms with E-state index >= 15 is 0 Å². The summed E-state index contributed by atoms with van der Waals surface area (Å²) in [6, 6.07) is 8.12. The summed E-state index contributed by atoms with van der Waals surface area (Å²) in [7, 11) is 1.92. The predicted molar refractivity (Wildman–Crippen MR) is 77.4 cm³/mol. The molecule has 0 unspecified atom stereocenters. The summed E-state index contributed by atoms with van der Waals surface area (Å²) < 4.78 is 5.70. The summed E-state index contributed by atoms with van der Waals surface area (Å²) in [5.74, 6) is 0.955. The van der Waals surface area contributed by atoms with E-state index in [0.717, 1.165) is 17.9 Å². The molecule has 106 valence electrons. The van der Waals surface area contributed by atoms with Gasteiger partial charge in [-0.3, -0.25) is 9.69 Å². The molecule has 0 aliphatic rings. The number of ether oxygens (including phenoxy) is 1. The number of benzene rings is 1. The van der Waals surface area contributed by atoms with E-state index in [9.17, 15) is 4.79 Å². The minimum atomic E-state index is 0.0494. The van der Waals surface area contributed by atoms with Crippen LogP contribution < -0.4 is 10.1 Å². The zero-order chi connectivity index (χ0) is 14.3. The van der Waals surface area contributed by atoms with E-state index in [1.54, 1.807) is 0 Å². The molecule has 1 aromatic carbocycles. The molecule has 19 heavy (non-hydrogen) atoms. The fraction of sp³-hybridized carbons (Fsp3) is 0.533. The monoisotopic (exact) mass is 264 g/mol. The normalized spacial score (nSPS) is 10.8. The summed E-state index contributed by atoms with van der Waals surface area (Å²) in [6.07, 6.45) is 0. The van der Waals surface area contributed by atoms with Crippen molar-refractivity contribution in [2.45, 2.75) is 26.8 Å². The number of para-hydroxylation sites is 1. The number of nitrogens with one attached hydrogen (secondary N) is 1. The quantitative estimate of drug-likeness (QED) is 0.817. The van der Waals surface area contributed by atoms with Crippen LogP contribution in [-0.2, 0) is 4.79 Å². The van der Waals surface area contributed by atoms with Gasteiger partial charge in [0.1, 0.15) is 12.4 Å². The molecule has 0 spiro atoms. The van der Waals surface area contributed by atoms with E-state index in [-0.39, 0.29) is 11.9 Å². The second-order valence-corrected chi connectivity index (χ2v) is 5.07. The van der Waals surface area contributed by atoms with Crippen molar-refractivity contribution in [1.82, 2.24) is 10.2 Å². The Bertz CT molecular complexity index is 405. The SMILES string of the molecule is Cc1ccccc1OCCN(C)CC(=O)NC(C)C. The molecule has 1 rings (SSSR count). The Morgan fingerprint density at radius 3 is 2.68 bits per heavy atom. The lowest BCUT2D eigenvalue weighted by Gasteiger charge is -2.18.